The van der Waals surface area contributed by atoms with Gasteiger partial charge in [-0.15, -0.1) is 0 Å². The molecule has 0 atom stereocenters. The van der Waals surface area contributed by atoms with Crippen molar-refractivity contribution in [3.05, 3.63) is 18.2 Å². The molecule has 1 amide bonds. The van der Waals surface area contributed by atoms with Crippen LogP contribution in [0.3, 0.4) is 0 Å². The van der Waals surface area contributed by atoms with Crippen molar-refractivity contribution in [2.24, 2.45) is 10.7 Å². The van der Waals surface area contributed by atoms with E-state index in [1.54, 1.807) is 26.4 Å². The summed E-state index contributed by atoms with van der Waals surface area (Å²) in [7, 11) is 3.16. The molecule has 146 valence electrons. The van der Waals surface area contributed by atoms with Crippen LogP contribution in [0.15, 0.2) is 23.2 Å². The highest BCUT2D eigenvalue weighted by Crippen LogP contribution is 2.29. The van der Waals surface area contributed by atoms with Gasteiger partial charge in [0.25, 0.3) is 0 Å². The highest BCUT2D eigenvalue weighted by Gasteiger charge is 2.15. The van der Waals surface area contributed by atoms with Crippen LogP contribution in [0, 0.1) is 0 Å². The molecule has 8 nitrogen and oxygen atoms in total. The summed E-state index contributed by atoms with van der Waals surface area (Å²) in [6, 6.07) is 5.40. The van der Waals surface area contributed by atoms with E-state index in [1.807, 2.05) is 26.8 Å². The largest absolute Gasteiger partial charge is 0.493 e. The predicted octanol–water partition coefficient (Wildman–Crippen LogP) is 2.74. The van der Waals surface area contributed by atoms with E-state index in [9.17, 15) is 4.79 Å². The zero-order chi connectivity index (χ0) is 19.6. The second-order valence-electron chi connectivity index (χ2n) is 6.60. The van der Waals surface area contributed by atoms with Crippen LogP contribution in [-0.4, -0.2) is 45.0 Å². The van der Waals surface area contributed by atoms with E-state index in [0.29, 0.717) is 30.5 Å². The quantitative estimate of drug-likeness (QED) is 0.371. The first-order valence-electron chi connectivity index (χ1n) is 8.51. The smallest absolute Gasteiger partial charge is 0.407 e. The number of hydrogen-bond acceptors (Lipinski definition) is 5. The van der Waals surface area contributed by atoms with Crippen molar-refractivity contribution in [1.29, 1.82) is 0 Å². The number of guanidine groups is 1. The molecule has 0 aliphatic rings. The molecular formula is C18H30N4O4. The fraction of sp³-hybridized carbons (Fsp3) is 0.556. The molecule has 0 heterocycles. The Labute approximate surface area is 155 Å². The Morgan fingerprint density at radius 3 is 2.46 bits per heavy atom. The van der Waals surface area contributed by atoms with Crippen LogP contribution in [0.25, 0.3) is 0 Å². The number of benzene rings is 1. The van der Waals surface area contributed by atoms with Crippen LogP contribution in [-0.2, 0) is 4.74 Å². The zero-order valence-electron chi connectivity index (χ0n) is 16.2. The molecule has 0 spiro atoms. The molecular weight excluding hydrogens is 336 g/mol. The Morgan fingerprint density at radius 1 is 1.15 bits per heavy atom. The number of amides is 1. The summed E-state index contributed by atoms with van der Waals surface area (Å²) in [5.41, 5.74) is 6.15. The molecule has 4 N–H and O–H groups in total. The number of ether oxygens (including phenoxy) is 3. The summed E-state index contributed by atoms with van der Waals surface area (Å²) in [5, 5.41) is 5.71. The van der Waals surface area contributed by atoms with Crippen molar-refractivity contribution in [2.45, 2.75) is 39.2 Å². The number of nitrogens with zero attached hydrogens (tertiary/aromatic N) is 1. The van der Waals surface area contributed by atoms with E-state index in [4.69, 9.17) is 19.9 Å². The molecule has 0 bridgehead atoms. The fourth-order valence-electron chi connectivity index (χ4n) is 2.04. The Balaban J connectivity index is 2.31. The van der Waals surface area contributed by atoms with E-state index in [0.717, 1.165) is 18.5 Å². The maximum absolute atomic E-state index is 11.5. The van der Waals surface area contributed by atoms with Crippen molar-refractivity contribution in [1.82, 2.24) is 5.32 Å². The molecule has 1 aromatic carbocycles. The Kier molecular flexibility index (Phi) is 8.54. The molecule has 0 unspecified atom stereocenters. The lowest BCUT2D eigenvalue weighted by atomic mass is 10.2. The first-order chi connectivity index (χ1) is 12.2. The van der Waals surface area contributed by atoms with Crippen molar-refractivity contribution in [2.75, 3.05) is 32.6 Å². The zero-order valence-corrected chi connectivity index (χ0v) is 16.2. The molecule has 1 rings (SSSR count). The Hall–Kier alpha value is -2.64. The van der Waals surface area contributed by atoms with E-state index >= 15 is 0 Å². The average Bonchev–Trinajstić information content (AvgIpc) is 2.56. The third kappa shape index (κ3) is 8.46. The van der Waals surface area contributed by atoms with Gasteiger partial charge in [-0.3, -0.25) is 4.99 Å². The van der Waals surface area contributed by atoms with Crippen molar-refractivity contribution in [3.63, 3.8) is 0 Å². The third-order valence-electron chi connectivity index (χ3n) is 3.19. The molecule has 0 fully saturated rings. The fourth-order valence-corrected chi connectivity index (χ4v) is 2.04. The third-order valence-corrected chi connectivity index (χ3v) is 3.19. The number of methoxy groups -OCH3 is 2. The summed E-state index contributed by atoms with van der Waals surface area (Å²) in [6.45, 7) is 6.58. The number of aliphatic imine (C=N–C) groups is 1. The van der Waals surface area contributed by atoms with E-state index in [2.05, 4.69) is 15.6 Å². The normalized spacial score (nSPS) is 11.7. The van der Waals surface area contributed by atoms with Crippen LogP contribution in [0.5, 0.6) is 11.5 Å². The number of carbonyl (C=O) groups is 1. The molecule has 1 aromatic rings. The minimum atomic E-state index is -0.487. The highest BCUT2D eigenvalue weighted by molar-refractivity contribution is 5.92. The van der Waals surface area contributed by atoms with Gasteiger partial charge in [0.2, 0.25) is 0 Å². The summed E-state index contributed by atoms with van der Waals surface area (Å²) in [5.74, 6) is 1.57. The highest BCUT2D eigenvalue weighted by atomic mass is 16.6. The number of nitrogens with one attached hydrogen (secondary N) is 2. The molecule has 0 aromatic heterocycles. The minimum Gasteiger partial charge on any atom is -0.493 e. The SMILES string of the molecule is COc1ccc(NC(N)=NCCCCNC(=O)OC(C)(C)C)cc1OC. The summed E-state index contributed by atoms with van der Waals surface area (Å²) >= 11 is 0. The van der Waals surface area contributed by atoms with Gasteiger partial charge in [-0.25, -0.2) is 4.79 Å². The van der Waals surface area contributed by atoms with Crippen LogP contribution >= 0.6 is 0 Å². The Bertz CT molecular complexity index is 612. The van der Waals surface area contributed by atoms with Gasteiger partial charge in [-0.2, -0.15) is 0 Å². The van der Waals surface area contributed by atoms with Crippen molar-refractivity contribution >= 4 is 17.7 Å². The number of unbranched alkanes of at least 4 members (excludes halogenated alkanes) is 1. The summed E-state index contributed by atoms with van der Waals surface area (Å²) < 4.78 is 15.6. The summed E-state index contributed by atoms with van der Waals surface area (Å²) in [4.78, 5) is 15.8. The lowest BCUT2D eigenvalue weighted by Gasteiger charge is -2.19. The van der Waals surface area contributed by atoms with Crippen molar-refractivity contribution < 1.29 is 19.0 Å². The first-order valence-corrected chi connectivity index (χ1v) is 8.51. The van der Waals surface area contributed by atoms with E-state index in [-0.39, 0.29) is 0 Å². The van der Waals surface area contributed by atoms with Gasteiger partial charge in [-0.05, 0) is 45.7 Å². The standard InChI is InChI=1S/C18H30N4O4/c1-18(2,3)26-17(23)21-11-7-6-10-20-16(19)22-13-8-9-14(24-4)15(12-13)25-5/h8-9,12H,6-7,10-11H2,1-5H3,(H,21,23)(H3,19,20,22). The molecule has 0 saturated heterocycles. The van der Waals surface area contributed by atoms with Crippen molar-refractivity contribution in [3.8, 4) is 11.5 Å². The van der Waals surface area contributed by atoms with Crippen LogP contribution in [0.1, 0.15) is 33.6 Å². The topological polar surface area (TPSA) is 107 Å². The molecule has 8 heteroatoms. The van der Waals surface area contributed by atoms with E-state index < -0.39 is 11.7 Å². The lowest BCUT2D eigenvalue weighted by molar-refractivity contribution is 0.0527. The molecule has 0 aliphatic heterocycles. The molecule has 0 aliphatic carbocycles. The van der Waals surface area contributed by atoms with Crippen LogP contribution in [0.4, 0.5) is 10.5 Å². The number of hydrogen-bond donors (Lipinski definition) is 3. The van der Waals surface area contributed by atoms with Gasteiger partial charge in [-0.1, -0.05) is 0 Å². The lowest BCUT2D eigenvalue weighted by Crippen LogP contribution is -2.33. The van der Waals surface area contributed by atoms with Gasteiger partial charge < -0.3 is 30.6 Å². The molecule has 0 radical (unpaired) electrons. The number of nitrogens with two attached hydrogens (primary N) is 1. The average molecular weight is 366 g/mol. The number of rotatable bonds is 8. The van der Waals surface area contributed by atoms with Gasteiger partial charge in [0.1, 0.15) is 5.60 Å². The van der Waals surface area contributed by atoms with Crippen LogP contribution < -0.4 is 25.8 Å². The Morgan fingerprint density at radius 2 is 1.85 bits per heavy atom. The van der Waals surface area contributed by atoms with Gasteiger partial charge >= 0.3 is 6.09 Å². The maximum Gasteiger partial charge on any atom is 0.407 e. The second kappa shape index (κ2) is 10.4. The predicted molar refractivity (Wildman–Crippen MR) is 103 cm³/mol. The monoisotopic (exact) mass is 366 g/mol. The maximum atomic E-state index is 11.5. The summed E-state index contributed by atoms with van der Waals surface area (Å²) in [6.07, 6.45) is 1.17. The van der Waals surface area contributed by atoms with Gasteiger partial charge in [0.05, 0.1) is 14.2 Å². The van der Waals surface area contributed by atoms with Gasteiger partial charge in [0, 0.05) is 24.8 Å². The minimum absolute atomic E-state index is 0.317. The second-order valence-corrected chi connectivity index (χ2v) is 6.60. The van der Waals surface area contributed by atoms with Gasteiger partial charge in [0.15, 0.2) is 17.5 Å². The van der Waals surface area contributed by atoms with Crippen LogP contribution in [0.2, 0.25) is 0 Å². The molecule has 26 heavy (non-hydrogen) atoms. The number of anilines is 1. The molecule has 0 saturated carbocycles. The van der Waals surface area contributed by atoms with E-state index in [1.165, 1.54) is 0 Å². The number of alkyl carbamates (subject to hydrolysis) is 1. The first kappa shape index (κ1) is 21.4. The number of carbonyl (C=O) groups excluding carboxylic acids is 1.